The van der Waals surface area contributed by atoms with Gasteiger partial charge in [0.2, 0.25) is 5.91 Å². The number of carbonyl (C=O) groups is 1. The van der Waals surface area contributed by atoms with Gasteiger partial charge < -0.3 is 9.88 Å². The first-order valence-corrected chi connectivity index (χ1v) is 10.8. The average Bonchev–Trinajstić information content (AvgIpc) is 2.85. The molecule has 0 atom stereocenters. The van der Waals surface area contributed by atoms with E-state index in [9.17, 15) is 13.2 Å². The third kappa shape index (κ3) is 4.60. The molecule has 0 radical (unpaired) electrons. The largest absolute Gasteiger partial charge is 0.352 e. The van der Waals surface area contributed by atoms with Crippen molar-refractivity contribution in [3.8, 4) is 0 Å². The molecule has 2 aromatic rings. The van der Waals surface area contributed by atoms with Gasteiger partial charge in [-0.2, -0.15) is 0 Å². The number of fused-ring (bicyclic) bond motifs is 1. The van der Waals surface area contributed by atoms with Gasteiger partial charge in [0.1, 0.15) is 18.1 Å². The summed E-state index contributed by atoms with van der Waals surface area (Å²) >= 11 is 0. The van der Waals surface area contributed by atoms with E-state index in [4.69, 9.17) is 0 Å². The lowest BCUT2D eigenvalue weighted by Gasteiger charge is -2.27. The molecule has 7 heteroatoms. The first-order valence-electron chi connectivity index (χ1n) is 8.73. The van der Waals surface area contributed by atoms with Crippen LogP contribution in [0.1, 0.15) is 38.4 Å². The number of rotatable bonds is 5. The predicted octanol–water partition coefficient (Wildman–Crippen LogP) is 2.28. The van der Waals surface area contributed by atoms with Gasteiger partial charge in [0.05, 0.1) is 11.0 Å². The molecule has 1 aliphatic rings. The second kappa shape index (κ2) is 7.15. The van der Waals surface area contributed by atoms with Crippen molar-refractivity contribution in [2.75, 3.05) is 6.26 Å². The SMILES string of the molecule is CC1CCC(NC(=O)Cn2c(CS(C)(=O)=O)nc3ccccc32)CC1. The first-order chi connectivity index (χ1) is 11.8. The van der Waals surface area contributed by atoms with Gasteiger partial charge >= 0.3 is 0 Å². The van der Waals surface area contributed by atoms with E-state index in [2.05, 4.69) is 17.2 Å². The van der Waals surface area contributed by atoms with Gasteiger partial charge in [-0.05, 0) is 43.7 Å². The molecule has 1 amide bonds. The number of imidazole rings is 1. The molecule has 0 unspecified atom stereocenters. The van der Waals surface area contributed by atoms with E-state index >= 15 is 0 Å². The summed E-state index contributed by atoms with van der Waals surface area (Å²) < 4.78 is 25.1. The molecule has 1 N–H and O–H groups in total. The van der Waals surface area contributed by atoms with Crippen LogP contribution in [0.2, 0.25) is 0 Å². The Morgan fingerprint density at radius 2 is 1.92 bits per heavy atom. The molecule has 0 aliphatic heterocycles. The fraction of sp³-hybridized carbons (Fsp3) is 0.556. The summed E-state index contributed by atoms with van der Waals surface area (Å²) in [5, 5.41) is 3.10. The second-order valence-electron chi connectivity index (χ2n) is 7.20. The van der Waals surface area contributed by atoms with E-state index in [0.717, 1.165) is 37.1 Å². The zero-order valence-corrected chi connectivity index (χ0v) is 15.6. The minimum atomic E-state index is -3.23. The second-order valence-corrected chi connectivity index (χ2v) is 9.34. The maximum atomic E-state index is 12.5. The van der Waals surface area contributed by atoms with Gasteiger partial charge in [0, 0.05) is 12.3 Å². The Hall–Kier alpha value is -1.89. The van der Waals surface area contributed by atoms with Gasteiger partial charge in [-0.15, -0.1) is 0 Å². The molecule has 1 aromatic heterocycles. The lowest BCUT2D eigenvalue weighted by Crippen LogP contribution is -2.39. The van der Waals surface area contributed by atoms with E-state index < -0.39 is 9.84 Å². The van der Waals surface area contributed by atoms with Crippen molar-refractivity contribution in [3.05, 3.63) is 30.1 Å². The van der Waals surface area contributed by atoms with Crippen molar-refractivity contribution in [1.29, 1.82) is 0 Å². The van der Waals surface area contributed by atoms with Crippen molar-refractivity contribution in [2.24, 2.45) is 5.92 Å². The number of benzene rings is 1. The highest BCUT2D eigenvalue weighted by Gasteiger charge is 2.21. The van der Waals surface area contributed by atoms with Gasteiger partial charge in [0.25, 0.3) is 0 Å². The lowest BCUT2D eigenvalue weighted by molar-refractivity contribution is -0.122. The summed E-state index contributed by atoms with van der Waals surface area (Å²) in [6.07, 6.45) is 5.47. The highest BCUT2D eigenvalue weighted by Crippen LogP contribution is 2.23. The molecule has 0 saturated heterocycles. The van der Waals surface area contributed by atoms with Crippen LogP contribution in [0.3, 0.4) is 0 Å². The molecular formula is C18H25N3O3S. The Balaban J connectivity index is 1.79. The maximum Gasteiger partial charge on any atom is 0.240 e. The smallest absolute Gasteiger partial charge is 0.240 e. The van der Waals surface area contributed by atoms with Gasteiger partial charge in [0.15, 0.2) is 9.84 Å². The molecule has 1 saturated carbocycles. The summed E-state index contributed by atoms with van der Waals surface area (Å²) in [6, 6.07) is 7.64. The maximum absolute atomic E-state index is 12.5. The van der Waals surface area contributed by atoms with Gasteiger partial charge in [-0.25, -0.2) is 13.4 Å². The molecule has 0 bridgehead atoms. The quantitative estimate of drug-likeness (QED) is 0.884. The highest BCUT2D eigenvalue weighted by atomic mass is 32.2. The summed E-state index contributed by atoms with van der Waals surface area (Å²) in [5.41, 5.74) is 1.49. The van der Waals surface area contributed by atoms with E-state index in [1.54, 1.807) is 4.57 Å². The van der Waals surface area contributed by atoms with Crippen molar-refractivity contribution >= 4 is 26.8 Å². The van der Waals surface area contributed by atoms with Crippen LogP contribution >= 0.6 is 0 Å². The summed E-state index contributed by atoms with van der Waals surface area (Å²) in [7, 11) is -3.23. The number of sulfone groups is 1. The fourth-order valence-corrected chi connectivity index (χ4v) is 4.16. The van der Waals surface area contributed by atoms with Crippen LogP contribution in [-0.2, 0) is 26.9 Å². The van der Waals surface area contributed by atoms with Crippen LogP contribution in [0.25, 0.3) is 11.0 Å². The molecule has 25 heavy (non-hydrogen) atoms. The zero-order valence-electron chi connectivity index (χ0n) is 14.7. The lowest BCUT2D eigenvalue weighted by atomic mass is 9.87. The Morgan fingerprint density at radius 3 is 2.60 bits per heavy atom. The normalized spacial score (nSPS) is 21.4. The third-order valence-electron chi connectivity index (χ3n) is 4.81. The number of aromatic nitrogens is 2. The summed E-state index contributed by atoms with van der Waals surface area (Å²) in [6.45, 7) is 2.34. The Kier molecular flexibility index (Phi) is 5.13. The number of hydrogen-bond donors (Lipinski definition) is 1. The molecule has 1 fully saturated rings. The predicted molar refractivity (Wildman–Crippen MR) is 97.8 cm³/mol. The van der Waals surface area contributed by atoms with Crippen molar-refractivity contribution in [3.63, 3.8) is 0 Å². The minimum Gasteiger partial charge on any atom is -0.352 e. The van der Waals surface area contributed by atoms with Crippen LogP contribution in [-0.4, -0.2) is 36.2 Å². The number of amides is 1. The Labute approximate surface area is 148 Å². The van der Waals surface area contributed by atoms with Crippen molar-refractivity contribution in [2.45, 2.75) is 50.9 Å². The number of nitrogens with one attached hydrogen (secondary N) is 1. The Bertz CT molecular complexity index is 865. The average molecular weight is 363 g/mol. The monoisotopic (exact) mass is 363 g/mol. The molecule has 1 aliphatic carbocycles. The zero-order chi connectivity index (χ0) is 18.0. The number of hydrogen-bond acceptors (Lipinski definition) is 4. The number of para-hydroxylation sites is 2. The van der Waals surface area contributed by atoms with E-state index in [1.165, 1.54) is 6.26 Å². The topological polar surface area (TPSA) is 81.1 Å². The molecular weight excluding hydrogens is 338 g/mol. The minimum absolute atomic E-state index is 0.0857. The molecule has 0 spiro atoms. The molecule has 3 rings (SSSR count). The third-order valence-corrected chi connectivity index (χ3v) is 5.59. The van der Waals surface area contributed by atoms with Crippen molar-refractivity contribution in [1.82, 2.24) is 14.9 Å². The van der Waals surface area contributed by atoms with E-state index in [1.807, 2.05) is 24.3 Å². The highest BCUT2D eigenvalue weighted by molar-refractivity contribution is 7.89. The molecule has 136 valence electrons. The standard InChI is InChI=1S/C18H25N3O3S/c1-13-7-9-14(10-8-13)19-18(22)11-21-16-6-4-3-5-15(16)20-17(21)12-25(2,23)24/h3-6,13-14H,7-12H2,1-2H3,(H,19,22). The van der Waals surface area contributed by atoms with E-state index in [0.29, 0.717) is 11.3 Å². The van der Waals surface area contributed by atoms with Gasteiger partial charge in [-0.3, -0.25) is 4.79 Å². The summed E-state index contributed by atoms with van der Waals surface area (Å²) in [5.74, 6) is 0.885. The molecule has 1 heterocycles. The Morgan fingerprint density at radius 1 is 1.24 bits per heavy atom. The van der Waals surface area contributed by atoms with Gasteiger partial charge in [-0.1, -0.05) is 19.1 Å². The fourth-order valence-electron chi connectivity index (χ4n) is 3.47. The van der Waals surface area contributed by atoms with Crippen LogP contribution < -0.4 is 5.32 Å². The van der Waals surface area contributed by atoms with Crippen LogP contribution in [0.15, 0.2) is 24.3 Å². The van der Waals surface area contributed by atoms with Crippen LogP contribution in [0.5, 0.6) is 0 Å². The van der Waals surface area contributed by atoms with Crippen LogP contribution in [0, 0.1) is 5.92 Å². The first kappa shape index (κ1) is 17.9. The van der Waals surface area contributed by atoms with Crippen LogP contribution in [0.4, 0.5) is 0 Å². The van der Waals surface area contributed by atoms with E-state index in [-0.39, 0.29) is 24.2 Å². The number of carbonyl (C=O) groups excluding carboxylic acids is 1. The number of nitrogens with zero attached hydrogens (tertiary/aromatic N) is 2. The molecule has 1 aromatic carbocycles. The van der Waals surface area contributed by atoms with Crippen molar-refractivity contribution < 1.29 is 13.2 Å². The summed E-state index contributed by atoms with van der Waals surface area (Å²) in [4.78, 5) is 16.9. The molecule has 6 nitrogen and oxygen atoms in total.